The number of pyridine rings is 1. The van der Waals surface area contributed by atoms with E-state index in [0.717, 1.165) is 0 Å². The van der Waals surface area contributed by atoms with Crippen LogP contribution in [-0.4, -0.2) is 12.1 Å². The van der Waals surface area contributed by atoms with Gasteiger partial charge in [0.25, 0.3) is 11.4 Å². The van der Waals surface area contributed by atoms with Crippen molar-refractivity contribution in [3.63, 3.8) is 0 Å². The predicted molar refractivity (Wildman–Crippen MR) is 53.5 cm³/mol. The van der Waals surface area contributed by atoms with Crippen molar-refractivity contribution in [3.05, 3.63) is 27.0 Å². The fourth-order valence-electron chi connectivity index (χ4n) is 1.36. The van der Waals surface area contributed by atoms with Crippen LogP contribution < -0.4 is 10.4 Å². The Labute approximate surface area is 91.6 Å². The fraction of sp³-hybridized carbons (Fsp3) is 0.300. The summed E-state index contributed by atoms with van der Waals surface area (Å²) in [6, 6.07) is 3.64. The molecule has 0 aliphatic carbocycles. The maximum atomic E-state index is 11.5. The van der Waals surface area contributed by atoms with Crippen LogP contribution in [0.1, 0.15) is 23.6 Å². The first-order valence-electron chi connectivity index (χ1n) is 4.49. The normalized spacial score (nSPS) is 9.25. The molecule has 1 aromatic rings. The van der Waals surface area contributed by atoms with Crippen LogP contribution in [0.15, 0.2) is 4.79 Å². The highest BCUT2D eigenvalue weighted by Gasteiger charge is 2.17. The number of aromatic amines is 1. The Hall–Kier alpha value is -2.31. The molecule has 1 N–H and O–H groups in total. The van der Waals surface area contributed by atoms with E-state index in [1.54, 1.807) is 13.0 Å². The second-order valence-electron chi connectivity index (χ2n) is 2.84. The van der Waals surface area contributed by atoms with Gasteiger partial charge in [0.05, 0.1) is 7.11 Å². The molecule has 1 heterocycles. The highest BCUT2D eigenvalue weighted by molar-refractivity contribution is 5.51. The average molecular weight is 219 g/mol. The van der Waals surface area contributed by atoms with Gasteiger partial charge < -0.3 is 4.89 Å². The van der Waals surface area contributed by atoms with Gasteiger partial charge in [0.15, 0.2) is 0 Å². The quantitative estimate of drug-likeness (QED) is 0.593. The molecule has 0 saturated carbocycles. The molecule has 6 heteroatoms. The molecule has 0 fully saturated rings. The number of nitriles is 2. The van der Waals surface area contributed by atoms with Crippen LogP contribution in [0.4, 0.5) is 0 Å². The Kier molecular flexibility index (Phi) is 3.65. The monoisotopic (exact) mass is 219 g/mol. The highest BCUT2D eigenvalue weighted by Crippen LogP contribution is 2.20. The Morgan fingerprint density at radius 2 is 1.94 bits per heavy atom. The summed E-state index contributed by atoms with van der Waals surface area (Å²) in [5.74, 6) is -0.0779. The molecule has 0 radical (unpaired) electrons. The van der Waals surface area contributed by atoms with Crippen molar-refractivity contribution in [2.45, 2.75) is 13.3 Å². The average Bonchev–Trinajstić information content (AvgIpc) is 2.28. The van der Waals surface area contributed by atoms with Crippen molar-refractivity contribution in [3.8, 4) is 18.0 Å². The van der Waals surface area contributed by atoms with Gasteiger partial charge in [0, 0.05) is 0 Å². The molecule has 0 unspecified atom stereocenters. The first kappa shape index (κ1) is 11.8. The zero-order valence-electron chi connectivity index (χ0n) is 8.83. The molecule has 0 spiro atoms. The summed E-state index contributed by atoms with van der Waals surface area (Å²) in [5, 5.41) is 17.8. The predicted octanol–water partition coefficient (Wildman–Crippen LogP) is 0.621. The minimum Gasteiger partial charge on any atom is -0.318 e. The van der Waals surface area contributed by atoms with Crippen LogP contribution in [0.25, 0.3) is 0 Å². The lowest BCUT2D eigenvalue weighted by Crippen LogP contribution is -2.17. The topological polar surface area (TPSA) is 98.9 Å². The summed E-state index contributed by atoms with van der Waals surface area (Å²) >= 11 is 0. The van der Waals surface area contributed by atoms with Crippen molar-refractivity contribution in [2.75, 3.05) is 7.11 Å². The number of hydrogen-bond donors (Lipinski definition) is 1. The van der Waals surface area contributed by atoms with Gasteiger partial charge >= 0.3 is 0 Å². The van der Waals surface area contributed by atoms with Crippen LogP contribution >= 0.6 is 0 Å². The van der Waals surface area contributed by atoms with Gasteiger partial charge in [-0.2, -0.15) is 15.4 Å². The molecule has 6 nitrogen and oxygen atoms in total. The Morgan fingerprint density at radius 3 is 2.38 bits per heavy atom. The number of rotatable bonds is 3. The summed E-state index contributed by atoms with van der Waals surface area (Å²) in [6.07, 6.45) is 0.385. The molecule has 1 aromatic heterocycles. The highest BCUT2D eigenvalue weighted by atomic mass is 17.2. The van der Waals surface area contributed by atoms with E-state index in [9.17, 15) is 4.79 Å². The van der Waals surface area contributed by atoms with Gasteiger partial charge in [-0.1, -0.05) is 6.92 Å². The maximum absolute atomic E-state index is 11.5. The molecule has 82 valence electrons. The van der Waals surface area contributed by atoms with Crippen LogP contribution in [0, 0.1) is 22.7 Å². The lowest BCUT2D eigenvalue weighted by molar-refractivity contribution is -0.181. The third kappa shape index (κ3) is 1.88. The van der Waals surface area contributed by atoms with Crippen molar-refractivity contribution in [1.82, 2.24) is 4.98 Å². The molecule has 16 heavy (non-hydrogen) atoms. The summed E-state index contributed by atoms with van der Waals surface area (Å²) in [7, 11) is 1.25. The molecule has 0 bridgehead atoms. The number of hydrogen-bond acceptors (Lipinski definition) is 5. The van der Waals surface area contributed by atoms with E-state index in [1.165, 1.54) is 7.11 Å². The number of nitrogens with one attached hydrogen (secondary N) is 1. The van der Waals surface area contributed by atoms with Gasteiger partial charge in [0.1, 0.15) is 23.3 Å². The van der Waals surface area contributed by atoms with Gasteiger partial charge in [-0.05, 0) is 12.0 Å². The minimum atomic E-state index is -0.592. The van der Waals surface area contributed by atoms with E-state index < -0.39 is 5.56 Å². The van der Waals surface area contributed by atoms with Crippen molar-refractivity contribution < 1.29 is 9.78 Å². The SMILES string of the molecule is CCc1c(C#N)c(OOC)[nH]c(=O)c1C#N. The standard InChI is InChI=1S/C10H9N3O3/c1-3-6-7(4-11)9(14)13-10(16-15-2)8(6)5-12/h3H2,1-2H3,(H,13,14). The second-order valence-corrected chi connectivity index (χ2v) is 2.84. The summed E-state index contributed by atoms with van der Waals surface area (Å²) in [5.41, 5.74) is -0.186. The smallest absolute Gasteiger partial charge is 0.269 e. The number of H-pyrrole nitrogens is 1. The molecular weight excluding hydrogens is 210 g/mol. The van der Waals surface area contributed by atoms with E-state index in [0.29, 0.717) is 12.0 Å². The van der Waals surface area contributed by atoms with Crippen molar-refractivity contribution >= 4 is 0 Å². The number of aromatic nitrogens is 1. The van der Waals surface area contributed by atoms with Crippen molar-refractivity contribution in [2.24, 2.45) is 0 Å². The van der Waals surface area contributed by atoms with E-state index in [2.05, 4.69) is 14.8 Å². The summed E-state index contributed by atoms with van der Waals surface area (Å²) < 4.78 is 0. The molecule has 0 atom stereocenters. The van der Waals surface area contributed by atoms with Crippen LogP contribution in [0.5, 0.6) is 5.88 Å². The zero-order chi connectivity index (χ0) is 12.1. The first-order valence-corrected chi connectivity index (χ1v) is 4.49. The lowest BCUT2D eigenvalue weighted by Gasteiger charge is -2.07. The van der Waals surface area contributed by atoms with Gasteiger partial charge in [-0.15, -0.1) is 0 Å². The Bertz CT molecular complexity index is 534. The fourth-order valence-corrected chi connectivity index (χ4v) is 1.36. The molecule has 0 amide bonds. The van der Waals surface area contributed by atoms with E-state index in [-0.39, 0.29) is 17.0 Å². The van der Waals surface area contributed by atoms with Crippen LogP contribution in [-0.2, 0) is 11.3 Å². The lowest BCUT2D eigenvalue weighted by atomic mass is 10.0. The maximum Gasteiger partial charge on any atom is 0.269 e. The molecule has 0 saturated heterocycles. The molecular formula is C10H9N3O3. The molecule has 0 aromatic carbocycles. The Balaban J connectivity index is 3.60. The molecule has 0 aliphatic rings. The zero-order valence-corrected chi connectivity index (χ0v) is 8.83. The summed E-state index contributed by atoms with van der Waals surface area (Å²) in [4.78, 5) is 22.8. The molecule has 0 aliphatic heterocycles. The third-order valence-electron chi connectivity index (χ3n) is 2.03. The second kappa shape index (κ2) is 4.96. The third-order valence-corrected chi connectivity index (χ3v) is 2.03. The number of nitrogens with zero attached hydrogens (tertiary/aromatic N) is 2. The first-order chi connectivity index (χ1) is 7.69. The summed E-state index contributed by atoms with van der Waals surface area (Å²) in [6.45, 7) is 1.74. The molecule has 1 rings (SSSR count). The van der Waals surface area contributed by atoms with Gasteiger partial charge in [-0.3, -0.25) is 9.78 Å². The van der Waals surface area contributed by atoms with Crippen LogP contribution in [0.3, 0.4) is 0 Å². The Morgan fingerprint density at radius 1 is 1.31 bits per heavy atom. The van der Waals surface area contributed by atoms with Crippen molar-refractivity contribution in [1.29, 1.82) is 10.5 Å². The van der Waals surface area contributed by atoms with E-state index >= 15 is 0 Å². The van der Waals surface area contributed by atoms with E-state index in [1.807, 2.05) is 6.07 Å². The largest absolute Gasteiger partial charge is 0.318 e. The minimum absolute atomic E-state index is 0.0671. The van der Waals surface area contributed by atoms with Crippen LogP contribution in [0.2, 0.25) is 0 Å². The van der Waals surface area contributed by atoms with Gasteiger partial charge in [0.2, 0.25) is 0 Å². The van der Waals surface area contributed by atoms with Gasteiger partial charge in [-0.25, -0.2) is 0 Å². The van der Waals surface area contributed by atoms with E-state index in [4.69, 9.17) is 10.5 Å².